The van der Waals surface area contributed by atoms with Gasteiger partial charge in [-0.1, -0.05) is 47.6 Å². The molecule has 1 N–H and O–H groups in total. The highest BCUT2D eigenvalue weighted by Crippen LogP contribution is 2.31. The van der Waals surface area contributed by atoms with E-state index in [9.17, 15) is 18.8 Å². The van der Waals surface area contributed by atoms with Crippen molar-refractivity contribution in [2.24, 2.45) is 4.99 Å². The van der Waals surface area contributed by atoms with Crippen LogP contribution in [-0.2, 0) is 20.9 Å². The van der Waals surface area contributed by atoms with Gasteiger partial charge in [0.1, 0.15) is 11.1 Å². The molecule has 0 radical (unpaired) electrons. The standard InChI is InChI=1S/C27H23ClFN3O4S/c1-2-36-26(35)18-9-13-20(14-10-18)30-27-32(16-17-7-11-19(28)12-8-17)24(33)15-23(37-27)25(34)31-22-6-4-3-5-21(22)29/h3-14,23H,2,15-16H2,1H3,(H,31,34). The predicted octanol–water partition coefficient (Wildman–Crippen LogP) is 5.82. The van der Waals surface area contributed by atoms with E-state index in [-0.39, 0.29) is 31.2 Å². The van der Waals surface area contributed by atoms with Crippen molar-refractivity contribution in [2.45, 2.75) is 25.1 Å². The zero-order valence-electron chi connectivity index (χ0n) is 19.8. The van der Waals surface area contributed by atoms with Crippen molar-refractivity contribution in [3.05, 3.63) is 94.8 Å². The van der Waals surface area contributed by atoms with Gasteiger partial charge in [0, 0.05) is 11.4 Å². The van der Waals surface area contributed by atoms with E-state index >= 15 is 0 Å². The number of amides is 2. The molecule has 0 bridgehead atoms. The summed E-state index contributed by atoms with van der Waals surface area (Å²) in [5.74, 6) is -1.81. The van der Waals surface area contributed by atoms with Gasteiger partial charge in [0.25, 0.3) is 0 Å². The molecule has 10 heteroatoms. The van der Waals surface area contributed by atoms with E-state index in [2.05, 4.69) is 10.3 Å². The summed E-state index contributed by atoms with van der Waals surface area (Å²) < 4.78 is 19.1. The Morgan fingerprint density at radius 1 is 1.11 bits per heavy atom. The van der Waals surface area contributed by atoms with Gasteiger partial charge in [0.05, 0.1) is 30.1 Å². The molecule has 1 unspecified atom stereocenters. The number of nitrogens with one attached hydrogen (secondary N) is 1. The molecular weight excluding hydrogens is 517 g/mol. The molecule has 7 nitrogen and oxygen atoms in total. The number of hydrogen-bond donors (Lipinski definition) is 1. The second-order valence-electron chi connectivity index (χ2n) is 8.05. The van der Waals surface area contributed by atoms with Gasteiger partial charge in [0.15, 0.2) is 5.17 Å². The number of anilines is 1. The summed E-state index contributed by atoms with van der Waals surface area (Å²) in [6.07, 6.45) is -0.0840. The molecule has 1 heterocycles. The van der Waals surface area contributed by atoms with Gasteiger partial charge in [-0.3, -0.25) is 14.5 Å². The number of rotatable bonds is 7. The van der Waals surface area contributed by atoms with Crippen LogP contribution >= 0.6 is 23.4 Å². The first-order chi connectivity index (χ1) is 17.8. The molecule has 4 rings (SSSR count). The van der Waals surface area contributed by atoms with Crippen LogP contribution in [0.2, 0.25) is 5.02 Å². The van der Waals surface area contributed by atoms with Crippen molar-refractivity contribution >= 4 is 57.7 Å². The van der Waals surface area contributed by atoms with Crippen LogP contribution in [0.4, 0.5) is 15.8 Å². The molecule has 1 saturated heterocycles. The third kappa shape index (κ3) is 6.75. The number of halogens is 2. The summed E-state index contributed by atoms with van der Waals surface area (Å²) in [7, 11) is 0. The van der Waals surface area contributed by atoms with Crippen molar-refractivity contribution in [3.8, 4) is 0 Å². The Hall–Kier alpha value is -3.69. The van der Waals surface area contributed by atoms with E-state index in [1.165, 1.54) is 23.1 Å². The fourth-order valence-electron chi connectivity index (χ4n) is 3.54. The Bertz CT molecular complexity index is 1330. The van der Waals surface area contributed by atoms with Gasteiger partial charge in [-0.15, -0.1) is 0 Å². The van der Waals surface area contributed by atoms with Crippen molar-refractivity contribution in [2.75, 3.05) is 11.9 Å². The Balaban J connectivity index is 1.60. The number of thioether (sulfide) groups is 1. The molecule has 2 amide bonds. The highest BCUT2D eigenvalue weighted by atomic mass is 35.5. The first-order valence-corrected chi connectivity index (χ1v) is 12.7. The fraction of sp³-hybridized carbons (Fsp3) is 0.185. The average Bonchev–Trinajstić information content (AvgIpc) is 2.89. The third-order valence-corrected chi connectivity index (χ3v) is 6.86. The summed E-state index contributed by atoms with van der Waals surface area (Å²) in [6, 6.07) is 19.3. The summed E-state index contributed by atoms with van der Waals surface area (Å²) in [6.45, 7) is 2.21. The van der Waals surface area contributed by atoms with Gasteiger partial charge in [-0.2, -0.15) is 0 Å². The first-order valence-electron chi connectivity index (χ1n) is 11.5. The van der Waals surface area contributed by atoms with E-state index in [0.29, 0.717) is 21.4 Å². The average molecular weight is 540 g/mol. The number of carbonyl (C=O) groups excluding carboxylic acids is 3. The minimum atomic E-state index is -0.814. The minimum absolute atomic E-state index is 0.0391. The first kappa shape index (κ1) is 26.4. The maximum Gasteiger partial charge on any atom is 0.338 e. The van der Waals surface area contributed by atoms with Crippen LogP contribution in [0.5, 0.6) is 0 Å². The number of para-hydroxylation sites is 1. The molecule has 1 atom stereocenters. The molecule has 190 valence electrons. The fourth-order valence-corrected chi connectivity index (χ4v) is 4.77. The summed E-state index contributed by atoms with van der Waals surface area (Å²) in [5, 5.41) is 2.63. The normalized spacial score (nSPS) is 16.5. The smallest absolute Gasteiger partial charge is 0.338 e. The van der Waals surface area contributed by atoms with Crippen LogP contribution in [-0.4, -0.2) is 39.7 Å². The predicted molar refractivity (Wildman–Crippen MR) is 143 cm³/mol. The van der Waals surface area contributed by atoms with E-state index in [1.54, 1.807) is 49.4 Å². The lowest BCUT2D eigenvalue weighted by molar-refractivity contribution is -0.129. The number of amidine groups is 1. The van der Waals surface area contributed by atoms with Crippen LogP contribution in [0, 0.1) is 5.82 Å². The van der Waals surface area contributed by atoms with Crippen LogP contribution in [0.25, 0.3) is 0 Å². The summed E-state index contributed by atoms with van der Waals surface area (Å²) >= 11 is 7.11. The van der Waals surface area contributed by atoms with Gasteiger partial charge in [-0.25, -0.2) is 14.2 Å². The van der Waals surface area contributed by atoms with E-state index < -0.39 is 22.9 Å². The molecular formula is C27H23ClFN3O4S. The second kappa shape index (κ2) is 12.0. The van der Waals surface area contributed by atoms with E-state index in [0.717, 1.165) is 17.3 Å². The minimum Gasteiger partial charge on any atom is -0.462 e. The topological polar surface area (TPSA) is 88.1 Å². The number of hydrogen-bond acceptors (Lipinski definition) is 6. The van der Waals surface area contributed by atoms with Crippen LogP contribution in [0.3, 0.4) is 0 Å². The van der Waals surface area contributed by atoms with Crippen molar-refractivity contribution in [3.63, 3.8) is 0 Å². The maximum absolute atomic E-state index is 14.1. The summed E-state index contributed by atoms with van der Waals surface area (Å²) in [4.78, 5) is 44.2. The highest BCUT2D eigenvalue weighted by molar-refractivity contribution is 8.15. The van der Waals surface area contributed by atoms with E-state index in [1.807, 2.05) is 12.1 Å². The number of carbonyl (C=O) groups is 3. The number of aliphatic imine (C=N–C) groups is 1. The molecule has 3 aromatic rings. The van der Waals surface area contributed by atoms with Crippen LogP contribution < -0.4 is 5.32 Å². The Morgan fingerprint density at radius 2 is 1.81 bits per heavy atom. The van der Waals surface area contributed by atoms with Gasteiger partial charge in [-0.05, 0) is 61.0 Å². The molecule has 0 aromatic heterocycles. The third-order valence-electron chi connectivity index (χ3n) is 5.42. The van der Waals surface area contributed by atoms with Crippen LogP contribution in [0.1, 0.15) is 29.3 Å². The van der Waals surface area contributed by atoms with Crippen LogP contribution in [0.15, 0.2) is 77.8 Å². The van der Waals surface area contributed by atoms with Crippen molar-refractivity contribution in [1.82, 2.24) is 4.90 Å². The lowest BCUT2D eigenvalue weighted by Crippen LogP contribution is -2.44. The molecule has 0 aliphatic carbocycles. The molecule has 1 aliphatic rings. The lowest BCUT2D eigenvalue weighted by Gasteiger charge is -2.32. The summed E-state index contributed by atoms with van der Waals surface area (Å²) in [5.41, 5.74) is 1.73. The Morgan fingerprint density at radius 3 is 2.49 bits per heavy atom. The number of esters is 1. The number of benzene rings is 3. The molecule has 3 aromatic carbocycles. The monoisotopic (exact) mass is 539 g/mol. The molecule has 1 fully saturated rings. The van der Waals surface area contributed by atoms with Crippen molar-refractivity contribution in [1.29, 1.82) is 0 Å². The zero-order chi connectivity index (χ0) is 26.4. The SMILES string of the molecule is CCOC(=O)c1ccc(N=C2SC(C(=O)Nc3ccccc3F)CC(=O)N2Cc2ccc(Cl)cc2)cc1. The maximum atomic E-state index is 14.1. The highest BCUT2D eigenvalue weighted by Gasteiger charge is 2.36. The molecule has 0 saturated carbocycles. The Labute approximate surface area is 222 Å². The van der Waals surface area contributed by atoms with E-state index in [4.69, 9.17) is 16.3 Å². The van der Waals surface area contributed by atoms with Gasteiger partial charge in [0.2, 0.25) is 11.8 Å². The second-order valence-corrected chi connectivity index (χ2v) is 9.65. The van der Waals surface area contributed by atoms with Crippen molar-refractivity contribution < 1.29 is 23.5 Å². The quantitative estimate of drug-likeness (QED) is 0.382. The largest absolute Gasteiger partial charge is 0.462 e. The van der Waals surface area contributed by atoms with Gasteiger partial charge >= 0.3 is 5.97 Å². The lowest BCUT2D eigenvalue weighted by atomic mass is 10.2. The molecule has 0 spiro atoms. The zero-order valence-corrected chi connectivity index (χ0v) is 21.4. The number of ether oxygens (including phenoxy) is 1. The molecule has 37 heavy (non-hydrogen) atoms. The number of nitrogens with zero attached hydrogens (tertiary/aromatic N) is 2. The Kier molecular flexibility index (Phi) is 8.58. The van der Waals surface area contributed by atoms with Gasteiger partial charge < -0.3 is 10.1 Å². The molecule has 1 aliphatic heterocycles.